The summed E-state index contributed by atoms with van der Waals surface area (Å²) in [6.45, 7) is 1.08. The number of nitrogens with zero attached hydrogens (tertiary/aromatic N) is 4. The normalized spacial score (nSPS) is 10.8. The Morgan fingerprint density at radius 3 is 2.43 bits per heavy atom. The first-order valence-corrected chi connectivity index (χ1v) is 10.6. The van der Waals surface area contributed by atoms with Gasteiger partial charge in [-0.2, -0.15) is 0 Å². The van der Waals surface area contributed by atoms with E-state index in [-0.39, 0.29) is 11.7 Å². The highest BCUT2D eigenvalue weighted by Crippen LogP contribution is 2.25. The largest absolute Gasteiger partial charge is 0.467 e. The Hall–Kier alpha value is -3.32. The van der Waals surface area contributed by atoms with Crippen LogP contribution in [0.3, 0.4) is 0 Å². The fraction of sp³-hybridized carbons (Fsp3) is 0.174. The molecule has 2 heterocycles. The number of hydrogen-bond acceptors (Lipinski definition) is 5. The van der Waals surface area contributed by atoms with E-state index in [1.165, 1.54) is 11.8 Å². The van der Waals surface area contributed by atoms with Gasteiger partial charge in [-0.3, -0.25) is 9.36 Å². The van der Waals surface area contributed by atoms with Crippen molar-refractivity contribution in [3.05, 3.63) is 90.4 Å². The first-order chi connectivity index (χ1) is 14.7. The van der Waals surface area contributed by atoms with Gasteiger partial charge in [0.25, 0.3) is 0 Å². The van der Waals surface area contributed by atoms with Gasteiger partial charge in [0.2, 0.25) is 5.91 Å². The van der Waals surface area contributed by atoms with Crippen LogP contribution in [-0.4, -0.2) is 38.4 Å². The lowest BCUT2D eigenvalue weighted by molar-refractivity contribution is -0.127. The molecular weight excluding hydrogens is 396 g/mol. The Bertz CT molecular complexity index is 1080. The van der Waals surface area contributed by atoms with Crippen molar-refractivity contribution in [2.75, 3.05) is 12.8 Å². The van der Waals surface area contributed by atoms with Crippen molar-refractivity contribution in [1.82, 2.24) is 19.7 Å². The molecule has 30 heavy (non-hydrogen) atoms. The molecule has 0 saturated carbocycles. The second kappa shape index (κ2) is 9.45. The maximum atomic E-state index is 12.7. The highest BCUT2D eigenvalue weighted by molar-refractivity contribution is 7.99. The van der Waals surface area contributed by atoms with Crippen LogP contribution in [0, 0.1) is 0 Å². The van der Waals surface area contributed by atoms with E-state index in [0.29, 0.717) is 18.2 Å². The zero-order chi connectivity index (χ0) is 20.8. The van der Waals surface area contributed by atoms with Gasteiger partial charge in [0, 0.05) is 19.2 Å². The molecule has 0 atom stereocenters. The Balaban J connectivity index is 1.49. The summed E-state index contributed by atoms with van der Waals surface area (Å²) in [5.74, 6) is 1.88. The molecule has 2 aromatic carbocycles. The number of hydrogen-bond donors (Lipinski definition) is 0. The smallest absolute Gasteiger partial charge is 0.233 e. The van der Waals surface area contributed by atoms with Gasteiger partial charge in [0.15, 0.2) is 11.0 Å². The van der Waals surface area contributed by atoms with Gasteiger partial charge >= 0.3 is 0 Å². The molecule has 4 aromatic rings. The number of furan rings is 1. The van der Waals surface area contributed by atoms with Crippen molar-refractivity contribution >= 4 is 17.7 Å². The van der Waals surface area contributed by atoms with E-state index < -0.39 is 0 Å². The first kappa shape index (κ1) is 20.0. The maximum absolute atomic E-state index is 12.7. The van der Waals surface area contributed by atoms with Crippen LogP contribution in [0.4, 0.5) is 0 Å². The highest BCUT2D eigenvalue weighted by atomic mass is 32.2. The van der Waals surface area contributed by atoms with Crippen molar-refractivity contribution in [2.24, 2.45) is 0 Å². The van der Waals surface area contributed by atoms with Crippen LogP contribution < -0.4 is 0 Å². The fourth-order valence-electron chi connectivity index (χ4n) is 3.08. The van der Waals surface area contributed by atoms with Crippen LogP contribution in [0.15, 0.2) is 88.6 Å². The maximum Gasteiger partial charge on any atom is 0.233 e. The van der Waals surface area contributed by atoms with Gasteiger partial charge in [-0.05, 0) is 17.7 Å². The van der Waals surface area contributed by atoms with Crippen molar-refractivity contribution in [3.8, 4) is 11.4 Å². The molecule has 2 aromatic heterocycles. The molecule has 0 bridgehead atoms. The summed E-state index contributed by atoms with van der Waals surface area (Å²) in [6, 6.07) is 23.6. The molecule has 0 aliphatic rings. The van der Waals surface area contributed by atoms with Crippen molar-refractivity contribution in [1.29, 1.82) is 0 Å². The van der Waals surface area contributed by atoms with Gasteiger partial charge in [0.1, 0.15) is 5.76 Å². The second-order valence-electron chi connectivity index (χ2n) is 6.86. The number of carbonyl (C=O) groups excluding carboxylic acids is 1. The van der Waals surface area contributed by atoms with E-state index in [2.05, 4.69) is 10.2 Å². The predicted octanol–water partition coefficient (Wildman–Crippen LogP) is 4.34. The average Bonchev–Trinajstić information content (AvgIpc) is 3.44. The zero-order valence-corrected chi connectivity index (χ0v) is 17.5. The molecule has 0 aliphatic carbocycles. The minimum Gasteiger partial charge on any atom is -0.467 e. The van der Waals surface area contributed by atoms with Crippen LogP contribution >= 0.6 is 11.8 Å². The Morgan fingerprint density at radius 1 is 1.00 bits per heavy atom. The van der Waals surface area contributed by atoms with Gasteiger partial charge < -0.3 is 9.32 Å². The Kier molecular flexibility index (Phi) is 6.29. The van der Waals surface area contributed by atoms with Gasteiger partial charge in [0.05, 0.1) is 18.6 Å². The third kappa shape index (κ3) is 4.80. The molecule has 4 rings (SSSR count). The lowest BCUT2D eigenvalue weighted by Gasteiger charge is -2.17. The SMILES string of the molecule is CN(Cc1ccccc1)C(=O)CSc1nnc(-c2ccccc2)n1Cc1ccco1. The summed E-state index contributed by atoms with van der Waals surface area (Å²) in [5.41, 5.74) is 2.07. The molecule has 0 spiro atoms. The third-order valence-electron chi connectivity index (χ3n) is 4.66. The van der Waals surface area contributed by atoms with E-state index in [4.69, 9.17) is 4.42 Å². The third-order valence-corrected chi connectivity index (χ3v) is 5.61. The molecule has 7 heteroatoms. The number of thioether (sulfide) groups is 1. The highest BCUT2D eigenvalue weighted by Gasteiger charge is 2.18. The minimum atomic E-state index is 0.0395. The van der Waals surface area contributed by atoms with Crippen LogP contribution in [0.5, 0.6) is 0 Å². The monoisotopic (exact) mass is 418 g/mol. The summed E-state index contributed by atoms with van der Waals surface area (Å²) in [4.78, 5) is 14.4. The van der Waals surface area contributed by atoms with E-state index >= 15 is 0 Å². The summed E-state index contributed by atoms with van der Waals surface area (Å²) in [5, 5.41) is 9.42. The number of benzene rings is 2. The van der Waals surface area contributed by atoms with Crippen LogP contribution in [0.1, 0.15) is 11.3 Å². The number of carbonyl (C=O) groups is 1. The second-order valence-corrected chi connectivity index (χ2v) is 7.80. The Labute approximate surface area is 179 Å². The van der Waals surface area contributed by atoms with Crippen molar-refractivity contribution in [3.63, 3.8) is 0 Å². The molecule has 0 fully saturated rings. The minimum absolute atomic E-state index is 0.0395. The molecular formula is C23H22N4O2S. The lowest BCUT2D eigenvalue weighted by Crippen LogP contribution is -2.27. The topological polar surface area (TPSA) is 64.2 Å². The fourth-order valence-corrected chi connectivity index (χ4v) is 3.96. The average molecular weight is 419 g/mol. The van der Waals surface area contributed by atoms with Crippen LogP contribution in [-0.2, 0) is 17.9 Å². The van der Waals surface area contributed by atoms with Crippen LogP contribution in [0.2, 0.25) is 0 Å². The van der Waals surface area contributed by atoms with Gasteiger partial charge in [-0.25, -0.2) is 0 Å². The molecule has 6 nitrogen and oxygen atoms in total. The van der Waals surface area contributed by atoms with Gasteiger partial charge in [-0.15, -0.1) is 10.2 Å². The predicted molar refractivity (Wildman–Crippen MR) is 117 cm³/mol. The zero-order valence-electron chi connectivity index (χ0n) is 16.6. The van der Waals surface area contributed by atoms with E-state index in [1.54, 1.807) is 11.2 Å². The summed E-state index contributed by atoms with van der Waals surface area (Å²) < 4.78 is 7.51. The summed E-state index contributed by atoms with van der Waals surface area (Å²) in [7, 11) is 1.82. The van der Waals surface area contributed by atoms with Gasteiger partial charge in [-0.1, -0.05) is 72.4 Å². The summed E-state index contributed by atoms with van der Waals surface area (Å²) >= 11 is 1.39. The van der Waals surface area contributed by atoms with E-state index in [1.807, 2.05) is 84.4 Å². The molecule has 0 aliphatic heterocycles. The van der Waals surface area contributed by atoms with Crippen molar-refractivity contribution in [2.45, 2.75) is 18.2 Å². The standard InChI is InChI=1S/C23H22N4O2S/c1-26(15-18-9-4-2-5-10-18)21(28)17-30-23-25-24-22(19-11-6-3-7-12-19)27(23)16-20-13-8-14-29-20/h2-14H,15-17H2,1H3. The summed E-state index contributed by atoms with van der Waals surface area (Å²) in [6.07, 6.45) is 1.65. The lowest BCUT2D eigenvalue weighted by atomic mass is 10.2. The number of aromatic nitrogens is 3. The molecule has 152 valence electrons. The first-order valence-electron chi connectivity index (χ1n) is 9.62. The molecule has 0 unspecified atom stereocenters. The van der Waals surface area contributed by atoms with Crippen LogP contribution in [0.25, 0.3) is 11.4 Å². The molecule has 0 saturated heterocycles. The molecule has 0 radical (unpaired) electrons. The number of amides is 1. The van der Waals surface area contributed by atoms with E-state index in [9.17, 15) is 4.79 Å². The molecule has 0 N–H and O–H groups in total. The Morgan fingerprint density at radius 2 is 1.73 bits per heavy atom. The van der Waals surface area contributed by atoms with E-state index in [0.717, 1.165) is 22.7 Å². The van der Waals surface area contributed by atoms with Crippen molar-refractivity contribution < 1.29 is 9.21 Å². The number of rotatable bonds is 8. The quantitative estimate of drug-likeness (QED) is 0.398. The molecule has 1 amide bonds.